The molecule has 0 unspecified atom stereocenters. The molecule has 6 heteroatoms. The van der Waals surface area contributed by atoms with Crippen LogP contribution in [0.15, 0.2) is 6.33 Å². The first-order valence-electron chi connectivity index (χ1n) is 7.71. The molecule has 2 rings (SSSR count). The lowest BCUT2D eigenvalue weighted by atomic mass is 10.2. The number of nitrogen functional groups attached to an aromatic ring is 1. The second-order valence-corrected chi connectivity index (χ2v) is 6.26. The molecule has 1 aromatic rings. The monoisotopic (exact) mass is 293 g/mol. The van der Waals surface area contributed by atoms with E-state index >= 15 is 0 Å². The van der Waals surface area contributed by atoms with Crippen molar-refractivity contribution in [2.24, 2.45) is 5.92 Å². The number of piperazine rings is 1. The molecule has 0 radical (unpaired) electrons. The van der Waals surface area contributed by atoms with Gasteiger partial charge in [0.2, 0.25) is 5.88 Å². The van der Waals surface area contributed by atoms with E-state index < -0.39 is 0 Å². The first-order valence-corrected chi connectivity index (χ1v) is 7.71. The molecule has 0 aromatic carbocycles. The SMILES string of the molecule is CC(C)CN1CCN(c2ncnc(OC(C)C)c2N)CC1. The van der Waals surface area contributed by atoms with Gasteiger partial charge in [0.1, 0.15) is 12.0 Å². The molecular formula is C15H27N5O. The van der Waals surface area contributed by atoms with Gasteiger partial charge in [-0.1, -0.05) is 13.8 Å². The predicted molar refractivity (Wildman–Crippen MR) is 85.7 cm³/mol. The molecule has 2 heterocycles. The molecule has 0 saturated carbocycles. The van der Waals surface area contributed by atoms with Crippen LogP contribution in [-0.2, 0) is 0 Å². The average Bonchev–Trinajstić information content (AvgIpc) is 2.41. The van der Waals surface area contributed by atoms with E-state index in [1.165, 1.54) is 6.33 Å². The number of rotatable bonds is 5. The van der Waals surface area contributed by atoms with Crippen LogP contribution in [0.25, 0.3) is 0 Å². The van der Waals surface area contributed by atoms with Gasteiger partial charge in [-0.25, -0.2) is 4.98 Å². The average molecular weight is 293 g/mol. The summed E-state index contributed by atoms with van der Waals surface area (Å²) in [6.45, 7) is 13.6. The first-order chi connectivity index (χ1) is 9.97. The fraction of sp³-hybridized carbons (Fsp3) is 0.733. The maximum absolute atomic E-state index is 6.17. The van der Waals surface area contributed by atoms with Gasteiger partial charge in [-0.05, 0) is 19.8 Å². The summed E-state index contributed by atoms with van der Waals surface area (Å²) in [5.41, 5.74) is 6.72. The van der Waals surface area contributed by atoms with Crippen molar-refractivity contribution in [1.29, 1.82) is 0 Å². The molecule has 2 N–H and O–H groups in total. The minimum absolute atomic E-state index is 0.0536. The Labute approximate surface area is 127 Å². The number of anilines is 2. The zero-order valence-electron chi connectivity index (χ0n) is 13.5. The summed E-state index contributed by atoms with van der Waals surface area (Å²) >= 11 is 0. The molecule has 0 atom stereocenters. The number of hydrogen-bond acceptors (Lipinski definition) is 6. The summed E-state index contributed by atoms with van der Waals surface area (Å²) in [5.74, 6) is 1.98. The van der Waals surface area contributed by atoms with E-state index in [1.807, 2.05) is 13.8 Å². The van der Waals surface area contributed by atoms with Gasteiger partial charge in [0.25, 0.3) is 0 Å². The van der Waals surface area contributed by atoms with Crippen molar-refractivity contribution in [1.82, 2.24) is 14.9 Å². The second-order valence-electron chi connectivity index (χ2n) is 6.26. The van der Waals surface area contributed by atoms with Crippen LogP contribution in [0.2, 0.25) is 0 Å². The van der Waals surface area contributed by atoms with Crippen LogP contribution in [-0.4, -0.2) is 53.7 Å². The molecule has 0 amide bonds. The summed E-state index contributed by atoms with van der Waals surface area (Å²) < 4.78 is 5.64. The Morgan fingerprint density at radius 3 is 2.38 bits per heavy atom. The minimum Gasteiger partial charge on any atom is -0.473 e. The smallest absolute Gasteiger partial charge is 0.242 e. The standard InChI is InChI=1S/C15H27N5O/c1-11(2)9-19-5-7-20(8-6-19)14-13(16)15(18-10-17-14)21-12(3)4/h10-12H,5-9,16H2,1-4H3. The fourth-order valence-electron chi connectivity index (χ4n) is 2.60. The normalized spacial score (nSPS) is 16.8. The third kappa shape index (κ3) is 4.20. The van der Waals surface area contributed by atoms with Gasteiger partial charge in [-0.15, -0.1) is 0 Å². The zero-order chi connectivity index (χ0) is 15.4. The maximum atomic E-state index is 6.17. The first kappa shape index (κ1) is 15.8. The molecule has 0 spiro atoms. The van der Waals surface area contributed by atoms with Gasteiger partial charge < -0.3 is 15.4 Å². The third-order valence-corrected chi connectivity index (χ3v) is 3.47. The van der Waals surface area contributed by atoms with E-state index in [2.05, 4.69) is 33.6 Å². The molecule has 1 aliphatic heterocycles. The van der Waals surface area contributed by atoms with E-state index in [9.17, 15) is 0 Å². The zero-order valence-corrected chi connectivity index (χ0v) is 13.5. The lowest BCUT2D eigenvalue weighted by Gasteiger charge is -2.36. The molecule has 118 valence electrons. The van der Waals surface area contributed by atoms with E-state index in [-0.39, 0.29) is 6.10 Å². The van der Waals surface area contributed by atoms with Crippen molar-refractivity contribution in [3.8, 4) is 5.88 Å². The Balaban J connectivity index is 2.03. The largest absolute Gasteiger partial charge is 0.473 e. The van der Waals surface area contributed by atoms with Gasteiger partial charge in [0, 0.05) is 32.7 Å². The van der Waals surface area contributed by atoms with Crippen LogP contribution < -0.4 is 15.4 Å². The topological polar surface area (TPSA) is 67.5 Å². The van der Waals surface area contributed by atoms with Crippen molar-refractivity contribution in [3.05, 3.63) is 6.33 Å². The highest BCUT2D eigenvalue weighted by atomic mass is 16.5. The Hall–Kier alpha value is -1.56. The molecule has 6 nitrogen and oxygen atoms in total. The number of nitrogens with zero attached hydrogens (tertiary/aromatic N) is 4. The van der Waals surface area contributed by atoms with E-state index in [0.29, 0.717) is 17.5 Å². The van der Waals surface area contributed by atoms with Crippen LogP contribution in [0.1, 0.15) is 27.7 Å². The van der Waals surface area contributed by atoms with Crippen LogP contribution in [0, 0.1) is 5.92 Å². The Morgan fingerprint density at radius 1 is 1.14 bits per heavy atom. The fourth-order valence-corrected chi connectivity index (χ4v) is 2.60. The minimum atomic E-state index is 0.0536. The van der Waals surface area contributed by atoms with Crippen molar-refractivity contribution < 1.29 is 4.74 Å². The van der Waals surface area contributed by atoms with Crippen molar-refractivity contribution in [2.75, 3.05) is 43.4 Å². The predicted octanol–water partition coefficient (Wildman–Crippen LogP) is 1.62. The van der Waals surface area contributed by atoms with E-state index in [1.54, 1.807) is 0 Å². The summed E-state index contributed by atoms with van der Waals surface area (Å²) in [6.07, 6.45) is 1.59. The molecule has 21 heavy (non-hydrogen) atoms. The van der Waals surface area contributed by atoms with Crippen LogP contribution >= 0.6 is 0 Å². The van der Waals surface area contributed by atoms with Gasteiger partial charge >= 0.3 is 0 Å². The maximum Gasteiger partial charge on any atom is 0.242 e. The third-order valence-electron chi connectivity index (χ3n) is 3.47. The van der Waals surface area contributed by atoms with Crippen LogP contribution in [0.5, 0.6) is 5.88 Å². The molecule has 0 aliphatic carbocycles. The van der Waals surface area contributed by atoms with Crippen LogP contribution in [0.3, 0.4) is 0 Å². The van der Waals surface area contributed by atoms with Crippen LogP contribution in [0.4, 0.5) is 11.5 Å². The van der Waals surface area contributed by atoms with Gasteiger partial charge in [-0.3, -0.25) is 4.90 Å². The highest BCUT2D eigenvalue weighted by Crippen LogP contribution is 2.29. The Bertz CT molecular complexity index is 455. The van der Waals surface area contributed by atoms with Gasteiger partial charge in [0.05, 0.1) is 6.10 Å². The Morgan fingerprint density at radius 2 is 1.81 bits per heavy atom. The van der Waals surface area contributed by atoms with Gasteiger partial charge in [-0.2, -0.15) is 4.98 Å². The van der Waals surface area contributed by atoms with E-state index in [0.717, 1.165) is 38.5 Å². The second kappa shape index (κ2) is 6.93. The van der Waals surface area contributed by atoms with Crippen molar-refractivity contribution >= 4 is 11.5 Å². The molecule has 0 bridgehead atoms. The van der Waals surface area contributed by atoms with Crippen molar-refractivity contribution in [3.63, 3.8) is 0 Å². The highest BCUT2D eigenvalue weighted by Gasteiger charge is 2.22. The molecule has 1 aromatic heterocycles. The quantitative estimate of drug-likeness (QED) is 0.890. The highest BCUT2D eigenvalue weighted by molar-refractivity contribution is 5.67. The summed E-state index contributed by atoms with van der Waals surface area (Å²) in [5, 5.41) is 0. The number of nitrogens with two attached hydrogens (primary N) is 1. The van der Waals surface area contributed by atoms with E-state index in [4.69, 9.17) is 10.5 Å². The summed E-state index contributed by atoms with van der Waals surface area (Å²) in [7, 11) is 0. The lowest BCUT2D eigenvalue weighted by molar-refractivity contribution is 0.229. The lowest BCUT2D eigenvalue weighted by Crippen LogP contribution is -2.47. The van der Waals surface area contributed by atoms with Crippen molar-refractivity contribution in [2.45, 2.75) is 33.8 Å². The summed E-state index contributed by atoms with van der Waals surface area (Å²) in [6, 6.07) is 0. The number of aromatic nitrogens is 2. The molecule has 1 fully saturated rings. The van der Waals surface area contributed by atoms with Gasteiger partial charge in [0.15, 0.2) is 5.82 Å². The number of hydrogen-bond donors (Lipinski definition) is 1. The molecule has 1 aliphatic rings. The Kier molecular flexibility index (Phi) is 5.22. The number of ether oxygens (including phenoxy) is 1. The molecular weight excluding hydrogens is 266 g/mol. The summed E-state index contributed by atoms with van der Waals surface area (Å²) in [4.78, 5) is 13.2. The molecule has 1 saturated heterocycles.